The van der Waals surface area contributed by atoms with E-state index in [2.05, 4.69) is 17.0 Å². The number of ketones is 2. The summed E-state index contributed by atoms with van der Waals surface area (Å²) < 4.78 is 40.1. The first-order chi connectivity index (χ1) is 14.8. The zero-order valence-electron chi connectivity index (χ0n) is 17.1. The minimum absolute atomic E-state index is 0.0760. The Balaban J connectivity index is 1.61. The van der Waals surface area contributed by atoms with Crippen LogP contribution in [0, 0.1) is 5.41 Å². The molecule has 0 unspecified atom stereocenters. The van der Waals surface area contributed by atoms with Crippen molar-refractivity contribution in [3.05, 3.63) is 65.2 Å². The molecular formula is C25H24F3NO2. The Labute approximate surface area is 179 Å². The summed E-state index contributed by atoms with van der Waals surface area (Å²) in [6.45, 7) is 0.616. The summed E-state index contributed by atoms with van der Waals surface area (Å²) in [7, 11) is 0. The Hall–Kier alpha value is -2.63. The molecule has 31 heavy (non-hydrogen) atoms. The summed E-state index contributed by atoms with van der Waals surface area (Å²) in [4.78, 5) is 28.7. The highest BCUT2D eigenvalue weighted by molar-refractivity contribution is 6.11. The quantitative estimate of drug-likeness (QED) is 0.578. The van der Waals surface area contributed by atoms with Crippen LogP contribution in [0.2, 0.25) is 0 Å². The molecule has 162 valence electrons. The minimum Gasteiger partial charge on any atom is -0.367 e. The topological polar surface area (TPSA) is 37.4 Å². The van der Waals surface area contributed by atoms with E-state index in [9.17, 15) is 22.8 Å². The van der Waals surface area contributed by atoms with E-state index in [1.54, 1.807) is 0 Å². The Morgan fingerprint density at radius 3 is 2.35 bits per heavy atom. The molecule has 0 N–H and O–H groups in total. The number of carbonyl (C=O) groups excluding carboxylic acids is 2. The van der Waals surface area contributed by atoms with Gasteiger partial charge >= 0.3 is 6.18 Å². The Kier molecular flexibility index (Phi) is 4.72. The summed E-state index contributed by atoms with van der Waals surface area (Å²) in [5, 5.41) is 0. The Morgan fingerprint density at radius 1 is 0.968 bits per heavy atom. The van der Waals surface area contributed by atoms with Gasteiger partial charge in [0, 0.05) is 31.1 Å². The van der Waals surface area contributed by atoms with Crippen LogP contribution >= 0.6 is 0 Å². The van der Waals surface area contributed by atoms with Gasteiger partial charge in [0.05, 0.1) is 5.56 Å². The zero-order valence-corrected chi connectivity index (χ0v) is 17.1. The van der Waals surface area contributed by atoms with Crippen LogP contribution in [0.5, 0.6) is 0 Å². The summed E-state index contributed by atoms with van der Waals surface area (Å²) in [6, 6.07) is 13.6. The first kappa shape index (κ1) is 20.3. The third kappa shape index (κ3) is 3.19. The van der Waals surface area contributed by atoms with E-state index in [0.29, 0.717) is 37.8 Å². The molecule has 2 atom stereocenters. The number of nitrogens with zero attached hydrogens (tertiary/aromatic N) is 1. The maximum atomic E-state index is 13.4. The maximum absolute atomic E-state index is 13.4. The van der Waals surface area contributed by atoms with E-state index >= 15 is 0 Å². The average molecular weight is 427 g/mol. The van der Waals surface area contributed by atoms with Gasteiger partial charge in [0.1, 0.15) is 17.0 Å². The predicted molar refractivity (Wildman–Crippen MR) is 111 cm³/mol. The van der Waals surface area contributed by atoms with Crippen molar-refractivity contribution in [1.82, 2.24) is 0 Å². The van der Waals surface area contributed by atoms with Gasteiger partial charge < -0.3 is 4.90 Å². The van der Waals surface area contributed by atoms with Crippen molar-refractivity contribution in [3.63, 3.8) is 0 Å². The number of piperidine rings is 1. The van der Waals surface area contributed by atoms with Crippen molar-refractivity contribution in [1.29, 1.82) is 0 Å². The number of fused-ring (bicyclic) bond motifs is 4. The average Bonchev–Trinajstić information content (AvgIpc) is 2.76. The molecule has 1 spiro atoms. The summed E-state index contributed by atoms with van der Waals surface area (Å²) in [5.74, 6) is 0.0175. The number of anilines is 1. The van der Waals surface area contributed by atoms with Crippen LogP contribution in [-0.4, -0.2) is 24.2 Å². The summed E-state index contributed by atoms with van der Waals surface area (Å²) >= 11 is 0. The van der Waals surface area contributed by atoms with Crippen molar-refractivity contribution in [2.75, 3.05) is 11.4 Å². The fourth-order valence-corrected chi connectivity index (χ4v) is 5.93. The maximum Gasteiger partial charge on any atom is 0.416 e. The number of Topliss-reactive ketones (excluding diaryl/α,β-unsaturated/α-hetero) is 2. The predicted octanol–water partition coefficient (Wildman–Crippen LogP) is 5.32. The summed E-state index contributed by atoms with van der Waals surface area (Å²) in [6.07, 6.45) is -1.72. The standard InChI is InChI=1S/C25H24F3NO2/c26-25(27,28)19-9-10-20-18(13-19)15-24(22(30)7-4-8-23(24)31)21-14-17(11-12-29(20)21)16-5-2-1-3-6-16/h1-3,5-6,9-10,13,17,21H,4,7-8,11-12,14-15H2/t17-,21-/m0/s1. The molecule has 6 heteroatoms. The number of benzene rings is 2. The van der Waals surface area contributed by atoms with Crippen molar-refractivity contribution in [2.24, 2.45) is 5.41 Å². The number of halogens is 3. The highest BCUT2D eigenvalue weighted by Gasteiger charge is 2.58. The molecule has 0 radical (unpaired) electrons. The minimum atomic E-state index is -4.46. The van der Waals surface area contributed by atoms with Crippen LogP contribution in [-0.2, 0) is 22.2 Å². The van der Waals surface area contributed by atoms with Crippen molar-refractivity contribution in [3.8, 4) is 0 Å². The molecule has 1 saturated carbocycles. The van der Waals surface area contributed by atoms with Gasteiger partial charge in [-0.15, -0.1) is 0 Å². The molecule has 2 aromatic carbocycles. The van der Waals surface area contributed by atoms with Gasteiger partial charge in [-0.25, -0.2) is 0 Å². The van der Waals surface area contributed by atoms with Crippen molar-refractivity contribution in [2.45, 2.75) is 56.7 Å². The van der Waals surface area contributed by atoms with Gasteiger partial charge in [-0.3, -0.25) is 9.59 Å². The van der Waals surface area contributed by atoms with Crippen LogP contribution in [0.1, 0.15) is 54.7 Å². The van der Waals surface area contributed by atoms with E-state index in [1.165, 1.54) is 11.6 Å². The summed E-state index contributed by atoms with van der Waals surface area (Å²) in [5.41, 5.74) is 0.429. The number of rotatable bonds is 1. The van der Waals surface area contributed by atoms with Gasteiger partial charge in [0.25, 0.3) is 0 Å². The SMILES string of the molecule is O=C1CCCC(=O)C12Cc1cc(C(F)(F)F)ccc1N1CC[C@H](c3ccccc3)C[C@H]12. The molecule has 0 amide bonds. The first-order valence-corrected chi connectivity index (χ1v) is 10.9. The van der Waals surface area contributed by atoms with Gasteiger partial charge in [-0.1, -0.05) is 30.3 Å². The molecule has 1 aliphatic carbocycles. The second-order valence-electron chi connectivity index (χ2n) is 9.03. The van der Waals surface area contributed by atoms with Crippen LogP contribution < -0.4 is 4.90 Å². The molecule has 2 aromatic rings. The normalized spacial score (nSPS) is 25.3. The molecule has 3 aliphatic rings. The lowest BCUT2D eigenvalue weighted by Crippen LogP contribution is -2.63. The number of hydrogen-bond donors (Lipinski definition) is 0. The largest absolute Gasteiger partial charge is 0.416 e. The molecule has 2 fully saturated rings. The molecule has 5 rings (SSSR count). The lowest BCUT2D eigenvalue weighted by Gasteiger charge is -2.54. The third-order valence-electron chi connectivity index (χ3n) is 7.43. The van der Waals surface area contributed by atoms with Gasteiger partial charge in [-0.05, 0) is 60.9 Å². The van der Waals surface area contributed by atoms with E-state index in [1.807, 2.05) is 18.2 Å². The molecule has 1 saturated heterocycles. The smallest absolute Gasteiger partial charge is 0.367 e. The van der Waals surface area contributed by atoms with E-state index in [-0.39, 0.29) is 29.9 Å². The van der Waals surface area contributed by atoms with E-state index < -0.39 is 17.2 Å². The van der Waals surface area contributed by atoms with Crippen molar-refractivity contribution < 1.29 is 22.8 Å². The highest BCUT2D eigenvalue weighted by Crippen LogP contribution is 2.52. The van der Waals surface area contributed by atoms with E-state index in [0.717, 1.165) is 24.2 Å². The lowest BCUT2D eigenvalue weighted by molar-refractivity contribution is -0.146. The highest BCUT2D eigenvalue weighted by atomic mass is 19.4. The van der Waals surface area contributed by atoms with Crippen LogP contribution in [0.15, 0.2) is 48.5 Å². The van der Waals surface area contributed by atoms with Crippen LogP contribution in [0.3, 0.4) is 0 Å². The second kappa shape index (κ2) is 7.21. The van der Waals surface area contributed by atoms with E-state index in [4.69, 9.17) is 0 Å². The van der Waals surface area contributed by atoms with Gasteiger partial charge in [0.15, 0.2) is 0 Å². The van der Waals surface area contributed by atoms with Gasteiger partial charge in [-0.2, -0.15) is 13.2 Å². The first-order valence-electron chi connectivity index (χ1n) is 10.9. The molecule has 2 heterocycles. The second-order valence-corrected chi connectivity index (χ2v) is 9.03. The molecule has 0 aromatic heterocycles. The fraction of sp³-hybridized carbons (Fsp3) is 0.440. The fourth-order valence-electron chi connectivity index (χ4n) is 5.93. The van der Waals surface area contributed by atoms with Gasteiger partial charge in [0.2, 0.25) is 0 Å². The number of hydrogen-bond acceptors (Lipinski definition) is 3. The molecule has 3 nitrogen and oxygen atoms in total. The lowest BCUT2D eigenvalue weighted by atomic mass is 9.58. The molecule has 2 aliphatic heterocycles. The Morgan fingerprint density at radius 2 is 1.68 bits per heavy atom. The van der Waals surface area contributed by atoms with Crippen molar-refractivity contribution >= 4 is 17.3 Å². The van der Waals surface area contributed by atoms with Crippen LogP contribution in [0.4, 0.5) is 18.9 Å². The number of alkyl halides is 3. The Bertz CT molecular complexity index is 1010. The molecular weight excluding hydrogens is 403 g/mol. The van der Waals surface area contributed by atoms with Crippen LogP contribution in [0.25, 0.3) is 0 Å². The molecule has 0 bridgehead atoms. The zero-order chi connectivity index (χ0) is 21.8. The monoisotopic (exact) mass is 427 g/mol. The third-order valence-corrected chi connectivity index (χ3v) is 7.43. The number of carbonyl (C=O) groups is 2.